The molecule has 0 aliphatic heterocycles. The quantitative estimate of drug-likeness (QED) is 0.641. The van der Waals surface area contributed by atoms with Gasteiger partial charge in [0, 0.05) is 4.90 Å². The number of nitrogen functional groups attached to an aromatic ring is 1. The van der Waals surface area contributed by atoms with Crippen molar-refractivity contribution in [3.8, 4) is 0 Å². The average Bonchev–Trinajstić information content (AvgIpc) is 2.10. The number of rotatable bonds is 2. The fourth-order valence-electron chi connectivity index (χ4n) is 0.999. The van der Waals surface area contributed by atoms with Gasteiger partial charge in [0.1, 0.15) is 0 Å². The summed E-state index contributed by atoms with van der Waals surface area (Å²) in [7, 11) is 0. The van der Waals surface area contributed by atoms with Crippen LogP contribution < -0.4 is 5.73 Å². The number of nitrogens with two attached hydrogens (primary N) is 1. The van der Waals surface area contributed by atoms with Gasteiger partial charge in [-0.15, -0.1) is 11.8 Å². The number of halogens is 4. The molecule has 1 aromatic carbocycles. The summed E-state index contributed by atoms with van der Waals surface area (Å²) in [5.74, 6) is -0.961. The third-order valence-corrected chi connectivity index (χ3v) is 3.51. The van der Waals surface area contributed by atoms with Crippen LogP contribution in [0.4, 0.5) is 18.9 Å². The van der Waals surface area contributed by atoms with Gasteiger partial charge in [-0.05, 0) is 18.6 Å². The van der Waals surface area contributed by atoms with Gasteiger partial charge in [-0.2, -0.15) is 13.2 Å². The Morgan fingerprint density at radius 1 is 1.40 bits per heavy atom. The third-order valence-electron chi connectivity index (χ3n) is 1.70. The predicted octanol–water partition coefficient (Wildman–Crippen LogP) is 3.89. The summed E-state index contributed by atoms with van der Waals surface area (Å²) in [5.41, 5.74) is 6.50. The maximum Gasteiger partial charge on any atom is 0.398 e. The average molecular weight is 256 g/mol. The van der Waals surface area contributed by atoms with E-state index in [0.717, 1.165) is 0 Å². The summed E-state index contributed by atoms with van der Waals surface area (Å²) in [4.78, 5) is 0.397. The van der Waals surface area contributed by atoms with Crippen LogP contribution in [0.1, 0.15) is 5.56 Å². The van der Waals surface area contributed by atoms with Gasteiger partial charge in [0.2, 0.25) is 0 Å². The number of aryl methyl sites for hydroxylation is 1. The molecule has 15 heavy (non-hydrogen) atoms. The van der Waals surface area contributed by atoms with E-state index in [1.165, 1.54) is 0 Å². The molecule has 0 aliphatic rings. The largest absolute Gasteiger partial charge is 0.398 e. The Morgan fingerprint density at radius 2 is 2.00 bits per heavy atom. The Bertz CT molecular complexity index is 365. The highest BCUT2D eigenvalue weighted by atomic mass is 35.5. The molecule has 0 atom stereocenters. The van der Waals surface area contributed by atoms with Crippen molar-refractivity contribution in [2.75, 3.05) is 11.5 Å². The van der Waals surface area contributed by atoms with E-state index >= 15 is 0 Å². The topological polar surface area (TPSA) is 26.0 Å². The van der Waals surface area contributed by atoms with Crippen molar-refractivity contribution in [1.29, 1.82) is 0 Å². The molecule has 1 aromatic rings. The second-order valence-electron chi connectivity index (χ2n) is 3.02. The third kappa shape index (κ3) is 3.50. The fraction of sp³-hybridized carbons (Fsp3) is 0.333. The van der Waals surface area contributed by atoms with Gasteiger partial charge >= 0.3 is 6.18 Å². The number of hydrogen-bond acceptors (Lipinski definition) is 2. The second-order valence-corrected chi connectivity index (χ2v) is 4.38. The second kappa shape index (κ2) is 4.53. The summed E-state index contributed by atoms with van der Waals surface area (Å²) >= 11 is 6.47. The first-order valence-corrected chi connectivity index (χ1v) is 5.42. The summed E-state index contributed by atoms with van der Waals surface area (Å²) in [5, 5.41) is 0.198. The normalized spacial score (nSPS) is 11.8. The van der Waals surface area contributed by atoms with Crippen molar-refractivity contribution >= 4 is 29.1 Å². The molecule has 0 aromatic heterocycles. The Morgan fingerprint density at radius 3 is 2.53 bits per heavy atom. The van der Waals surface area contributed by atoms with E-state index in [-0.39, 0.29) is 5.02 Å². The lowest BCUT2D eigenvalue weighted by Gasteiger charge is -2.11. The van der Waals surface area contributed by atoms with Gasteiger partial charge in [0.15, 0.2) is 0 Å². The first-order chi connectivity index (χ1) is 6.81. The molecule has 6 heteroatoms. The van der Waals surface area contributed by atoms with Crippen LogP contribution in [-0.2, 0) is 0 Å². The number of anilines is 1. The van der Waals surface area contributed by atoms with Crippen molar-refractivity contribution in [1.82, 2.24) is 0 Å². The minimum atomic E-state index is -4.20. The summed E-state index contributed by atoms with van der Waals surface area (Å²) < 4.78 is 36.0. The molecule has 0 aliphatic carbocycles. The van der Waals surface area contributed by atoms with E-state index in [4.69, 9.17) is 17.3 Å². The van der Waals surface area contributed by atoms with Gasteiger partial charge < -0.3 is 5.73 Å². The molecule has 0 saturated heterocycles. The molecule has 84 valence electrons. The highest BCUT2D eigenvalue weighted by molar-refractivity contribution is 7.99. The molecule has 0 unspecified atom stereocenters. The molecule has 1 rings (SSSR count). The number of thioether (sulfide) groups is 1. The van der Waals surface area contributed by atoms with Crippen LogP contribution in [0.5, 0.6) is 0 Å². The molecule has 2 N–H and O–H groups in total. The fourth-order valence-corrected chi connectivity index (χ4v) is 2.22. The van der Waals surface area contributed by atoms with Crippen LogP contribution in [0.25, 0.3) is 0 Å². The number of hydrogen-bond donors (Lipinski definition) is 1. The molecule has 1 nitrogen and oxygen atoms in total. The summed E-state index contributed by atoms with van der Waals surface area (Å²) in [6.07, 6.45) is -4.20. The van der Waals surface area contributed by atoms with Crippen LogP contribution in [0.3, 0.4) is 0 Å². The highest BCUT2D eigenvalue weighted by Gasteiger charge is 2.28. The monoisotopic (exact) mass is 255 g/mol. The van der Waals surface area contributed by atoms with E-state index in [1.54, 1.807) is 19.1 Å². The van der Waals surface area contributed by atoms with E-state index in [2.05, 4.69) is 0 Å². The minimum absolute atomic E-state index is 0.198. The Labute approximate surface area is 94.8 Å². The number of benzene rings is 1. The predicted molar refractivity (Wildman–Crippen MR) is 57.4 cm³/mol. The zero-order chi connectivity index (χ0) is 11.6. The van der Waals surface area contributed by atoms with Gasteiger partial charge in [-0.3, -0.25) is 0 Å². The smallest absolute Gasteiger partial charge is 0.397 e. The molecule has 0 bridgehead atoms. The zero-order valence-electron chi connectivity index (χ0n) is 7.86. The first-order valence-electron chi connectivity index (χ1n) is 4.05. The maximum atomic E-state index is 12.0. The van der Waals surface area contributed by atoms with Gasteiger partial charge in [0.25, 0.3) is 0 Å². The zero-order valence-corrected chi connectivity index (χ0v) is 9.43. The van der Waals surface area contributed by atoms with Crippen LogP contribution in [-0.4, -0.2) is 11.9 Å². The molecule has 0 saturated carbocycles. The van der Waals surface area contributed by atoms with Gasteiger partial charge in [-0.25, -0.2) is 0 Å². The lowest BCUT2D eigenvalue weighted by molar-refractivity contribution is -0.105. The van der Waals surface area contributed by atoms with Crippen molar-refractivity contribution in [2.24, 2.45) is 0 Å². The SMILES string of the molecule is Cc1ccc(N)c(Cl)c1SCC(F)(F)F. The van der Waals surface area contributed by atoms with Crippen molar-refractivity contribution in [3.05, 3.63) is 22.7 Å². The van der Waals surface area contributed by atoms with E-state index in [1.807, 2.05) is 0 Å². The standard InChI is InChI=1S/C9H9ClF3NS/c1-5-2-3-6(14)7(10)8(5)15-4-9(11,12)13/h2-3H,4,14H2,1H3. The summed E-state index contributed by atoms with van der Waals surface area (Å²) in [6, 6.07) is 3.23. The highest BCUT2D eigenvalue weighted by Crippen LogP contribution is 2.37. The molecule has 0 amide bonds. The minimum Gasteiger partial charge on any atom is -0.397 e. The van der Waals surface area contributed by atoms with Crippen LogP contribution in [0.15, 0.2) is 17.0 Å². The van der Waals surface area contributed by atoms with Crippen molar-refractivity contribution in [3.63, 3.8) is 0 Å². The Kier molecular flexibility index (Phi) is 3.78. The van der Waals surface area contributed by atoms with Crippen LogP contribution in [0.2, 0.25) is 5.02 Å². The lowest BCUT2D eigenvalue weighted by Crippen LogP contribution is -2.10. The van der Waals surface area contributed by atoms with Crippen molar-refractivity contribution in [2.45, 2.75) is 18.0 Å². The van der Waals surface area contributed by atoms with E-state index in [0.29, 0.717) is 27.9 Å². The van der Waals surface area contributed by atoms with Crippen molar-refractivity contribution < 1.29 is 13.2 Å². The Hall–Kier alpha value is -0.550. The van der Waals surface area contributed by atoms with Crippen LogP contribution in [0, 0.1) is 6.92 Å². The maximum absolute atomic E-state index is 12.0. The molecular formula is C9H9ClF3NS. The Balaban J connectivity index is 2.90. The molecule has 0 heterocycles. The first kappa shape index (κ1) is 12.5. The van der Waals surface area contributed by atoms with Gasteiger partial charge in [0.05, 0.1) is 16.5 Å². The molecular weight excluding hydrogens is 247 g/mol. The van der Waals surface area contributed by atoms with Crippen LogP contribution >= 0.6 is 23.4 Å². The van der Waals surface area contributed by atoms with E-state index < -0.39 is 11.9 Å². The summed E-state index contributed by atoms with van der Waals surface area (Å²) in [6.45, 7) is 1.70. The molecule has 0 radical (unpaired) electrons. The van der Waals surface area contributed by atoms with Gasteiger partial charge in [-0.1, -0.05) is 17.7 Å². The van der Waals surface area contributed by atoms with E-state index in [9.17, 15) is 13.2 Å². The molecule has 0 spiro atoms. The lowest BCUT2D eigenvalue weighted by atomic mass is 10.2. The molecule has 0 fully saturated rings. The number of alkyl halides is 3.